The Labute approximate surface area is 118 Å². The van der Waals surface area contributed by atoms with E-state index >= 15 is 0 Å². The Balaban J connectivity index is 2.03. The van der Waals surface area contributed by atoms with Gasteiger partial charge in [-0.15, -0.1) is 0 Å². The summed E-state index contributed by atoms with van der Waals surface area (Å²) in [5.41, 5.74) is 5.14. The molecule has 20 heavy (non-hydrogen) atoms. The van der Waals surface area contributed by atoms with Crippen LogP contribution in [0, 0.1) is 0 Å². The van der Waals surface area contributed by atoms with E-state index in [4.69, 9.17) is 0 Å². The van der Waals surface area contributed by atoms with Gasteiger partial charge in [-0.25, -0.2) is 9.99 Å². The highest BCUT2D eigenvalue weighted by Crippen LogP contribution is 1.99. The Morgan fingerprint density at radius 1 is 1.10 bits per heavy atom. The van der Waals surface area contributed by atoms with E-state index < -0.39 is 0 Å². The van der Waals surface area contributed by atoms with Crippen molar-refractivity contribution in [1.82, 2.24) is 5.43 Å². The first kappa shape index (κ1) is 13.9. The fourth-order valence-electron chi connectivity index (χ4n) is 1.74. The predicted octanol–water partition coefficient (Wildman–Crippen LogP) is 2.15. The van der Waals surface area contributed by atoms with Crippen LogP contribution in [-0.4, -0.2) is 11.6 Å². The van der Waals surface area contributed by atoms with Gasteiger partial charge in [0.15, 0.2) is 18.9 Å². The molecule has 2 aromatic rings. The topological polar surface area (TPSA) is 45.3 Å². The van der Waals surface area contributed by atoms with E-state index in [1.165, 1.54) is 5.56 Å². The average Bonchev–Trinajstić information content (AvgIpc) is 2.46. The molecule has 1 N–H and O–H groups in total. The Morgan fingerprint density at radius 3 is 2.35 bits per heavy atom. The minimum atomic E-state index is -0.196. The molecule has 4 nitrogen and oxygen atoms in total. The molecule has 0 aliphatic rings. The van der Waals surface area contributed by atoms with Crippen LogP contribution in [0.5, 0.6) is 0 Å². The summed E-state index contributed by atoms with van der Waals surface area (Å²) in [4.78, 5) is 11.8. The standard InChI is InChI=1S/C16H17N3O/c1-13(2)17-18-16(20)15-8-10-19(11-9-15)12-14-6-4-3-5-7-14/h3-11H,12H2,1-2H3/p+1. The molecule has 1 heterocycles. The molecule has 0 radical (unpaired) electrons. The third-order valence-electron chi connectivity index (χ3n) is 2.74. The van der Waals surface area contributed by atoms with Crippen LogP contribution >= 0.6 is 0 Å². The first-order valence-corrected chi connectivity index (χ1v) is 6.49. The third-order valence-corrected chi connectivity index (χ3v) is 2.74. The number of nitrogens with zero attached hydrogens (tertiary/aromatic N) is 2. The average molecular weight is 268 g/mol. The fourth-order valence-corrected chi connectivity index (χ4v) is 1.74. The Hall–Kier alpha value is -2.49. The van der Waals surface area contributed by atoms with Crippen molar-refractivity contribution in [2.45, 2.75) is 20.4 Å². The van der Waals surface area contributed by atoms with Gasteiger partial charge in [0.2, 0.25) is 0 Å². The molecule has 1 aromatic heterocycles. The van der Waals surface area contributed by atoms with Crippen molar-refractivity contribution in [2.75, 3.05) is 0 Å². The van der Waals surface area contributed by atoms with Crippen LogP contribution in [0.1, 0.15) is 29.8 Å². The van der Waals surface area contributed by atoms with E-state index in [2.05, 4.69) is 22.7 Å². The maximum absolute atomic E-state index is 11.8. The molecule has 0 unspecified atom stereocenters. The molecular formula is C16H18N3O+. The van der Waals surface area contributed by atoms with Gasteiger partial charge in [-0.05, 0) is 13.8 Å². The number of aromatic nitrogens is 1. The number of carbonyl (C=O) groups is 1. The zero-order valence-corrected chi connectivity index (χ0v) is 11.7. The van der Waals surface area contributed by atoms with Crippen molar-refractivity contribution in [3.05, 3.63) is 66.0 Å². The van der Waals surface area contributed by atoms with E-state index in [0.717, 1.165) is 12.3 Å². The van der Waals surface area contributed by atoms with Crippen LogP contribution < -0.4 is 9.99 Å². The van der Waals surface area contributed by atoms with Gasteiger partial charge in [0.1, 0.15) is 0 Å². The van der Waals surface area contributed by atoms with E-state index in [1.807, 2.05) is 49.0 Å². The minimum Gasteiger partial charge on any atom is -0.267 e. The van der Waals surface area contributed by atoms with E-state index in [9.17, 15) is 4.79 Å². The van der Waals surface area contributed by atoms with Crippen LogP contribution in [0.3, 0.4) is 0 Å². The quantitative estimate of drug-likeness (QED) is 0.515. The van der Waals surface area contributed by atoms with E-state index in [-0.39, 0.29) is 5.91 Å². The maximum atomic E-state index is 11.8. The number of pyridine rings is 1. The van der Waals surface area contributed by atoms with Crippen LogP contribution in [0.2, 0.25) is 0 Å². The van der Waals surface area contributed by atoms with Gasteiger partial charge in [-0.3, -0.25) is 4.79 Å². The summed E-state index contributed by atoms with van der Waals surface area (Å²) in [5.74, 6) is -0.196. The number of benzene rings is 1. The van der Waals surface area contributed by atoms with Gasteiger partial charge in [-0.1, -0.05) is 30.3 Å². The molecule has 0 saturated carbocycles. The van der Waals surface area contributed by atoms with Crippen LogP contribution in [0.25, 0.3) is 0 Å². The molecule has 0 aliphatic carbocycles. The molecular weight excluding hydrogens is 250 g/mol. The lowest BCUT2D eigenvalue weighted by atomic mass is 10.2. The van der Waals surface area contributed by atoms with Gasteiger partial charge < -0.3 is 0 Å². The van der Waals surface area contributed by atoms with Crippen LogP contribution in [-0.2, 0) is 6.54 Å². The van der Waals surface area contributed by atoms with Crippen molar-refractivity contribution < 1.29 is 9.36 Å². The predicted molar refractivity (Wildman–Crippen MR) is 78.4 cm³/mol. The summed E-state index contributed by atoms with van der Waals surface area (Å²) >= 11 is 0. The fraction of sp³-hybridized carbons (Fsp3) is 0.188. The first-order valence-electron chi connectivity index (χ1n) is 6.49. The van der Waals surface area contributed by atoms with Crippen molar-refractivity contribution in [3.63, 3.8) is 0 Å². The number of rotatable bonds is 4. The van der Waals surface area contributed by atoms with Crippen molar-refractivity contribution in [1.29, 1.82) is 0 Å². The highest BCUT2D eigenvalue weighted by Gasteiger charge is 2.07. The van der Waals surface area contributed by atoms with Crippen molar-refractivity contribution >= 4 is 11.6 Å². The Morgan fingerprint density at radius 2 is 1.75 bits per heavy atom. The van der Waals surface area contributed by atoms with Gasteiger partial charge in [0.05, 0.1) is 5.56 Å². The number of nitrogens with one attached hydrogen (secondary N) is 1. The molecule has 1 amide bonds. The summed E-state index contributed by atoms with van der Waals surface area (Å²) in [5, 5.41) is 3.90. The Kier molecular flexibility index (Phi) is 4.60. The second-order valence-corrected chi connectivity index (χ2v) is 4.74. The first-order chi connectivity index (χ1) is 9.65. The lowest BCUT2D eigenvalue weighted by Gasteiger charge is -2.01. The lowest BCUT2D eigenvalue weighted by molar-refractivity contribution is -0.688. The number of hydrogen-bond acceptors (Lipinski definition) is 2. The number of amides is 1. The number of hydrazone groups is 1. The normalized spacial score (nSPS) is 9.90. The molecule has 0 aliphatic heterocycles. The maximum Gasteiger partial charge on any atom is 0.271 e. The zero-order valence-electron chi connectivity index (χ0n) is 11.7. The van der Waals surface area contributed by atoms with Crippen molar-refractivity contribution in [3.8, 4) is 0 Å². The van der Waals surface area contributed by atoms with Gasteiger partial charge in [0.25, 0.3) is 5.91 Å². The second-order valence-electron chi connectivity index (χ2n) is 4.74. The molecule has 2 rings (SSSR count). The van der Waals surface area contributed by atoms with Crippen molar-refractivity contribution in [2.24, 2.45) is 5.10 Å². The zero-order chi connectivity index (χ0) is 14.4. The highest BCUT2D eigenvalue weighted by atomic mass is 16.2. The molecule has 0 saturated heterocycles. The van der Waals surface area contributed by atoms with Gasteiger partial charge in [0, 0.05) is 23.4 Å². The second kappa shape index (κ2) is 6.61. The van der Waals surface area contributed by atoms with E-state index in [1.54, 1.807) is 12.1 Å². The number of carbonyl (C=O) groups excluding carboxylic acids is 1. The summed E-state index contributed by atoms with van der Waals surface area (Å²) in [7, 11) is 0. The molecule has 4 heteroatoms. The molecule has 102 valence electrons. The molecule has 0 spiro atoms. The number of hydrogen-bond donors (Lipinski definition) is 1. The van der Waals surface area contributed by atoms with Crippen LogP contribution in [0.4, 0.5) is 0 Å². The Bertz CT molecular complexity index is 599. The van der Waals surface area contributed by atoms with Crippen LogP contribution in [0.15, 0.2) is 60.0 Å². The smallest absolute Gasteiger partial charge is 0.267 e. The van der Waals surface area contributed by atoms with Gasteiger partial charge >= 0.3 is 0 Å². The SMILES string of the molecule is CC(C)=NNC(=O)c1cc[n+](Cc2ccccc2)cc1. The van der Waals surface area contributed by atoms with E-state index in [0.29, 0.717) is 5.56 Å². The molecule has 0 fully saturated rings. The summed E-state index contributed by atoms with van der Waals surface area (Å²) in [6, 6.07) is 13.8. The highest BCUT2D eigenvalue weighted by molar-refractivity contribution is 5.94. The molecule has 1 aromatic carbocycles. The molecule has 0 bridgehead atoms. The third kappa shape index (κ3) is 4.02. The minimum absolute atomic E-state index is 0.196. The lowest BCUT2D eigenvalue weighted by Crippen LogP contribution is -2.33. The largest absolute Gasteiger partial charge is 0.271 e. The summed E-state index contributed by atoms with van der Waals surface area (Å²) in [6.45, 7) is 4.45. The summed E-state index contributed by atoms with van der Waals surface area (Å²) < 4.78 is 2.03. The summed E-state index contributed by atoms with van der Waals surface area (Å²) in [6.07, 6.45) is 3.79. The van der Waals surface area contributed by atoms with Gasteiger partial charge in [-0.2, -0.15) is 5.10 Å². The molecule has 0 atom stereocenters. The monoisotopic (exact) mass is 268 g/mol.